The van der Waals surface area contributed by atoms with E-state index in [4.69, 9.17) is 4.74 Å². The number of Topliss-reactive ketones (excluding diaryl/α,β-unsaturated/α-hetero) is 1. The third-order valence-electron chi connectivity index (χ3n) is 3.72. The van der Waals surface area contributed by atoms with Crippen molar-refractivity contribution in [3.8, 4) is 11.5 Å². The number of phenols is 1. The van der Waals surface area contributed by atoms with Crippen molar-refractivity contribution >= 4 is 11.9 Å². The lowest BCUT2D eigenvalue weighted by molar-refractivity contribution is 0.103. The first kappa shape index (κ1) is 14.1. The first-order valence-corrected chi connectivity index (χ1v) is 7.06. The van der Waals surface area contributed by atoms with Crippen LogP contribution in [0.15, 0.2) is 60.2 Å². The van der Waals surface area contributed by atoms with Gasteiger partial charge in [-0.15, -0.1) is 0 Å². The second-order valence-electron chi connectivity index (χ2n) is 5.15. The van der Waals surface area contributed by atoms with E-state index in [1.165, 1.54) is 7.11 Å². The first-order chi connectivity index (χ1) is 10.7. The average molecular weight is 292 g/mol. The Bertz CT molecular complexity index is 785. The molecule has 110 valence electrons. The van der Waals surface area contributed by atoms with Crippen LogP contribution in [-0.4, -0.2) is 18.0 Å². The number of benzene rings is 2. The fourth-order valence-corrected chi connectivity index (χ4v) is 2.56. The summed E-state index contributed by atoms with van der Waals surface area (Å²) in [6.07, 6.45) is 6.26. The number of phenolic OH excluding ortho intramolecular Hbond substituents is 1. The van der Waals surface area contributed by atoms with Crippen molar-refractivity contribution in [2.45, 2.75) is 6.42 Å². The number of allylic oxidation sites excluding steroid dienone is 3. The molecular formula is C19H16O3. The zero-order valence-electron chi connectivity index (χ0n) is 12.2. The predicted octanol–water partition coefficient (Wildman–Crippen LogP) is 3.78. The monoisotopic (exact) mass is 292 g/mol. The van der Waals surface area contributed by atoms with Gasteiger partial charge in [0.25, 0.3) is 0 Å². The molecule has 0 heterocycles. The summed E-state index contributed by atoms with van der Waals surface area (Å²) in [5.41, 5.74) is 3.57. The topological polar surface area (TPSA) is 46.5 Å². The summed E-state index contributed by atoms with van der Waals surface area (Å²) in [7, 11) is 1.51. The van der Waals surface area contributed by atoms with Crippen LogP contribution in [0.3, 0.4) is 0 Å². The molecule has 0 aliphatic heterocycles. The average Bonchev–Trinajstić information content (AvgIpc) is 2.86. The summed E-state index contributed by atoms with van der Waals surface area (Å²) in [6.45, 7) is 0. The molecule has 0 unspecified atom stereocenters. The summed E-state index contributed by atoms with van der Waals surface area (Å²) in [5.74, 6) is 0.641. The summed E-state index contributed by atoms with van der Waals surface area (Å²) < 4.78 is 5.07. The van der Waals surface area contributed by atoms with E-state index in [1.807, 2.05) is 42.5 Å². The Kier molecular flexibility index (Phi) is 3.79. The van der Waals surface area contributed by atoms with Crippen LogP contribution in [-0.2, 0) is 6.42 Å². The molecule has 3 nitrogen and oxygen atoms in total. The predicted molar refractivity (Wildman–Crippen MR) is 86.3 cm³/mol. The number of ketones is 1. The Labute approximate surface area is 129 Å². The van der Waals surface area contributed by atoms with E-state index in [1.54, 1.807) is 18.2 Å². The summed E-state index contributed by atoms with van der Waals surface area (Å²) in [6, 6.07) is 12.8. The Morgan fingerprint density at radius 2 is 2.00 bits per heavy atom. The van der Waals surface area contributed by atoms with Crippen molar-refractivity contribution < 1.29 is 14.6 Å². The van der Waals surface area contributed by atoms with Crippen molar-refractivity contribution in [3.63, 3.8) is 0 Å². The minimum atomic E-state index is 0.100. The summed E-state index contributed by atoms with van der Waals surface area (Å²) in [4.78, 5) is 12.2. The second kappa shape index (κ2) is 5.90. The van der Waals surface area contributed by atoms with Gasteiger partial charge >= 0.3 is 0 Å². The number of methoxy groups -OCH3 is 1. The van der Waals surface area contributed by atoms with E-state index >= 15 is 0 Å². The molecule has 0 aromatic heterocycles. The summed E-state index contributed by atoms with van der Waals surface area (Å²) >= 11 is 0. The van der Waals surface area contributed by atoms with Crippen molar-refractivity contribution in [1.29, 1.82) is 0 Å². The lowest BCUT2D eigenvalue weighted by Gasteiger charge is -2.03. The molecule has 1 aliphatic carbocycles. The van der Waals surface area contributed by atoms with Gasteiger partial charge in [-0.2, -0.15) is 0 Å². The van der Waals surface area contributed by atoms with E-state index in [2.05, 4.69) is 0 Å². The molecule has 1 N–H and O–H groups in total. The maximum atomic E-state index is 12.2. The fraction of sp³-hybridized carbons (Fsp3) is 0.105. The highest BCUT2D eigenvalue weighted by molar-refractivity contribution is 6.13. The van der Waals surface area contributed by atoms with E-state index in [-0.39, 0.29) is 11.5 Å². The fourth-order valence-electron chi connectivity index (χ4n) is 2.56. The minimum Gasteiger partial charge on any atom is -0.504 e. The third-order valence-corrected chi connectivity index (χ3v) is 3.72. The van der Waals surface area contributed by atoms with Gasteiger partial charge in [0.2, 0.25) is 0 Å². The van der Waals surface area contributed by atoms with Crippen molar-refractivity contribution in [2.75, 3.05) is 7.11 Å². The van der Waals surface area contributed by atoms with E-state index in [0.717, 1.165) is 22.3 Å². The zero-order valence-corrected chi connectivity index (χ0v) is 12.2. The lowest BCUT2D eigenvalue weighted by atomic mass is 10.1. The van der Waals surface area contributed by atoms with Crippen LogP contribution >= 0.6 is 0 Å². The molecule has 0 fully saturated rings. The molecule has 2 aromatic rings. The van der Waals surface area contributed by atoms with Crippen LogP contribution in [0.2, 0.25) is 0 Å². The largest absolute Gasteiger partial charge is 0.504 e. The van der Waals surface area contributed by atoms with Gasteiger partial charge in [-0.05, 0) is 23.3 Å². The van der Waals surface area contributed by atoms with Gasteiger partial charge in [0.05, 0.1) is 7.11 Å². The highest BCUT2D eigenvalue weighted by atomic mass is 16.5. The Hall–Kier alpha value is -2.81. The van der Waals surface area contributed by atoms with E-state index in [0.29, 0.717) is 12.2 Å². The summed E-state index contributed by atoms with van der Waals surface area (Å²) in [5, 5.41) is 9.56. The smallest absolute Gasteiger partial charge is 0.189 e. The number of aromatic hydroxyl groups is 1. The van der Waals surface area contributed by atoms with Crippen LogP contribution < -0.4 is 4.74 Å². The number of carbonyl (C=O) groups is 1. The molecule has 3 heteroatoms. The molecule has 0 amide bonds. The molecule has 0 bridgehead atoms. The highest BCUT2D eigenvalue weighted by Crippen LogP contribution is 2.28. The zero-order chi connectivity index (χ0) is 15.5. The molecule has 1 aliphatic rings. The third kappa shape index (κ3) is 2.66. The molecule has 3 rings (SSSR count). The number of carbonyl (C=O) groups excluding carboxylic acids is 1. The number of hydrogen-bond acceptors (Lipinski definition) is 3. The quantitative estimate of drug-likeness (QED) is 0.876. The van der Waals surface area contributed by atoms with Gasteiger partial charge in [-0.1, -0.05) is 48.6 Å². The van der Waals surface area contributed by atoms with Gasteiger partial charge in [0.15, 0.2) is 17.3 Å². The van der Waals surface area contributed by atoms with Crippen LogP contribution in [0.5, 0.6) is 11.5 Å². The molecule has 2 aromatic carbocycles. The lowest BCUT2D eigenvalue weighted by Crippen LogP contribution is -1.94. The molecule has 0 saturated heterocycles. The number of fused-ring (bicyclic) bond motifs is 1. The van der Waals surface area contributed by atoms with E-state index < -0.39 is 0 Å². The van der Waals surface area contributed by atoms with Crippen molar-refractivity contribution in [3.05, 3.63) is 76.9 Å². The SMILES string of the molecule is COc1cc(/C=C/C=C2\Cc3ccccc3C2=O)ccc1O. The van der Waals surface area contributed by atoms with Gasteiger partial charge in [0, 0.05) is 17.6 Å². The van der Waals surface area contributed by atoms with Gasteiger partial charge in [-0.25, -0.2) is 0 Å². The number of rotatable bonds is 3. The molecule has 0 spiro atoms. The Morgan fingerprint density at radius 1 is 1.18 bits per heavy atom. The Morgan fingerprint density at radius 3 is 2.77 bits per heavy atom. The Balaban J connectivity index is 1.79. The molecule has 0 radical (unpaired) electrons. The molecular weight excluding hydrogens is 276 g/mol. The minimum absolute atomic E-state index is 0.100. The highest BCUT2D eigenvalue weighted by Gasteiger charge is 2.23. The standard InChI is InChI=1S/C19H16O3/c1-22-18-11-13(9-10-17(18)20)5-4-7-15-12-14-6-2-3-8-16(14)19(15)21/h2-11,20H,12H2,1H3/b5-4+,15-7+. The molecule has 0 atom stereocenters. The van der Waals surface area contributed by atoms with Crippen molar-refractivity contribution in [1.82, 2.24) is 0 Å². The van der Waals surface area contributed by atoms with Crippen LogP contribution in [0.4, 0.5) is 0 Å². The van der Waals surface area contributed by atoms with Crippen LogP contribution in [0.1, 0.15) is 21.5 Å². The van der Waals surface area contributed by atoms with Gasteiger partial charge < -0.3 is 9.84 Å². The maximum absolute atomic E-state index is 12.2. The number of ether oxygens (including phenoxy) is 1. The van der Waals surface area contributed by atoms with E-state index in [9.17, 15) is 9.90 Å². The molecule has 0 saturated carbocycles. The van der Waals surface area contributed by atoms with Crippen LogP contribution in [0, 0.1) is 0 Å². The second-order valence-corrected chi connectivity index (χ2v) is 5.15. The first-order valence-electron chi connectivity index (χ1n) is 7.06. The maximum Gasteiger partial charge on any atom is 0.189 e. The van der Waals surface area contributed by atoms with Gasteiger partial charge in [-0.3, -0.25) is 4.79 Å². The normalized spacial score (nSPS) is 15.5. The van der Waals surface area contributed by atoms with Gasteiger partial charge in [0.1, 0.15) is 0 Å². The van der Waals surface area contributed by atoms with Crippen molar-refractivity contribution in [2.24, 2.45) is 0 Å². The van der Waals surface area contributed by atoms with Crippen LogP contribution in [0.25, 0.3) is 6.08 Å². The number of hydrogen-bond donors (Lipinski definition) is 1. The molecule has 22 heavy (non-hydrogen) atoms.